The Labute approximate surface area is 191 Å². The van der Waals surface area contributed by atoms with E-state index in [4.69, 9.17) is 4.74 Å². The fourth-order valence-corrected chi connectivity index (χ4v) is 3.23. The maximum atomic E-state index is 12.5. The number of carbonyl (C=O) groups excluding carboxylic acids is 1. The van der Waals surface area contributed by atoms with Crippen molar-refractivity contribution in [1.29, 1.82) is 0 Å². The molecule has 0 spiro atoms. The molecule has 0 radical (unpaired) electrons. The number of nitrogens with zero attached hydrogens (tertiary/aromatic N) is 1. The summed E-state index contributed by atoms with van der Waals surface area (Å²) < 4.78 is 5.13. The number of phenolic OH excluding ortho intramolecular Hbond substituents is 1. The van der Waals surface area contributed by atoms with Crippen molar-refractivity contribution >= 4 is 29.4 Å². The monoisotopic (exact) mass is 440 g/mol. The van der Waals surface area contributed by atoms with E-state index in [-0.39, 0.29) is 11.7 Å². The van der Waals surface area contributed by atoms with Gasteiger partial charge in [-0.1, -0.05) is 36.4 Å². The topological polar surface area (TPSA) is 99.3 Å². The minimum atomic E-state index is -0.164. The molecule has 4 N–H and O–H groups in total. The molecule has 1 heterocycles. The molecule has 0 bridgehead atoms. The standard InChI is InChI=1S/C26H24N4O3/c1-33-25-14-18(11-13-24(25)31)10-12-22-16-23(30-29-22)17-27-21-9-5-6-19(15-21)26(32)28-20-7-3-2-4-8-20/h2-16,27,31H,17H2,1H3,(H,28,32)(H,29,30)/b12-10+. The van der Waals surface area contributed by atoms with Gasteiger partial charge in [-0.25, -0.2) is 0 Å². The lowest BCUT2D eigenvalue weighted by atomic mass is 10.1. The van der Waals surface area contributed by atoms with Crippen LogP contribution in [0.25, 0.3) is 12.2 Å². The fraction of sp³-hybridized carbons (Fsp3) is 0.0769. The predicted octanol–water partition coefficient (Wildman–Crippen LogP) is 5.16. The minimum absolute atomic E-state index is 0.103. The van der Waals surface area contributed by atoms with Gasteiger partial charge in [0.1, 0.15) is 0 Å². The van der Waals surface area contributed by atoms with E-state index in [2.05, 4.69) is 20.8 Å². The number of hydrogen-bond donors (Lipinski definition) is 4. The van der Waals surface area contributed by atoms with Crippen LogP contribution in [0.2, 0.25) is 0 Å². The van der Waals surface area contributed by atoms with Crippen LogP contribution in [0.5, 0.6) is 11.5 Å². The van der Waals surface area contributed by atoms with Crippen LogP contribution in [0.3, 0.4) is 0 Å². The maximum Gasteiger partial charge on any atom is 0.255 e. The number of methoxy groups -OCH3 is 1. The highest BCUT2D eigenvalue weighted by atomic mass is 16.5. The molecule has 0 unspecified atom stereocenters. The Morgan fingerprint density at radius 1 is 1.00 bits per heavy atom. The van der Waals surface area contributed by atoms with E-state index in [0.29, 0.717) is 17.9 Å². The van der Waals surface area contributed by atoms with Crippen LogP contribution in [0.1, 0.15) is 27.3 Å². The first-order valence-corrected chi connectivity index (χ1v) is 10.4. The molecule has 33 heavy (non-hydrogen) atoms. The Balaban J connectivity index is 1.35. The number of nitrogens with one attached hydrogen (secondary N) is 3. The first kappa shape index (κ1) is 21.7. The van der Waals surface area contributed by atoms with E-state index in [1.54, 1.807) is 24.3 Å². The van der Waals surface area contributed by atoms with Gasteiger partial charge in [0.25, 0.3) is 5.91 Å². The second-order valence-electron chi connectivity index (χ2n) is 7.33. The number of H-pyrrole nitrogens is 1. The molecule has 3 aromatic carbocycles. The number of hydrogen-bond acceptors (Lipinski definition) is 5. The third-order valence-corrected chi connectivity index (χ3v) is 4.94. The van der Waals surface area contributed by atoms with Gasteiger partial charge in [0.2, 0.25) is 0 Å². The summed E-state index contributed by atoms with van der Waals surface area (Å²) in [6, 6.07) is 23.8. The number of carbonyl (C=O) groups is 1. The highest BCUT2D eigenvalue weighted by Gasteiger charge is 2.07. The fourth-order valence-electron chi connectivity index (χ4n) is 3.23. The number of amides is 1. The molecule has 7 nitrogen and oxygen atoms in total. The number of aromatic hydroxyl groups is 1. The van der Waals surface area contributed by atoms with Gasteiger partial charge in [-0.05, 0) is 60.2 Å². The lowest BCUT2D eigenvalue weighted by molar-refractivity contribution is 0.102. The summed E-state index contributed by atoms with van der Waals surface area (Å²) >= 11 is 0. The Hall–Kier alpha value is -4.52. The van der Waals surface area contributed by atoms with Gasteiger partial charge >= 0.3 is 0 Å². The van der Waals surface area contributed by atoms with E-state index in [1.165, 1.54) is 7.11 Å². The summed E-state index contributed by atoms with van der Waals surface area (Å²) in [7, 11) is 1.52. The molecule has 4 aromatic rings. The van der Waals surface area contributed by atoms with Crippen molar-refractivity contribution in [3.63, 3.8) is 0 Å². The molecule has 0 aliphatic heterocycles. The molecular weight excluding hydrogens is 416 g/mol. The molecule has 0 saturated heterocycles. The molecule has 1 aromatic heterocycles. The number of para-hydroxylation sites is 1. The minimum Gasteiger partial charge on any atom is -0.504 e. The van der Waals surface area contributed by atoms with Gasteiger partial charge in [0.05, 0.1) is 25.0 Å². The van der Waals surface area contributed by atoms with Gasteiger partial charge in [-0.15, -0.1) is 0 Å². The number of rotatable bonds is 8. The molecule has 0 aliphatic carbocycles. The zero-order valence-electron chi connectivity index (χ0n) is 18.1. The van der Waals surface area contributed by atoms with Gasteiger partial charge < -0.3 is 20.5 Å². The molecule has 0 aliphatic rings. The SMILES string of the molecule is COc1cc(/C=C/c2cc(CNc3cccc(C(=O)Nc4ccccc4)c3)n[nH]2)ccc1O. The van der Waals surface area contributed by atoms with Crippen molar-refractivity contribution in [1.82, 2.24) is 10.2 Å². The smallest absolute Gasteiger partial charge is 0.255 e. The van der Waals surface area contributed by atoms with E-state index in [0.717, 1.165) is 28.3 Å². The first-order valence-electron chi connectivity index (χ1n) is 10.4. The third kappa shape index (κ3) is 5.80. The number of benzene rings is 3. The summed E-state index contributed by atoms with van der Waals surface area (Å²) in [5, 5.41) is 23.2. The quantitative estimate of drug-likeness (QED) is 0.303. The number of ether oxygens (including phenoxy) is 1. The highest BCUT2D eigenvalue weighted by Crippen LogP contribution is 2.27. The van der Waals surface area contributed by atoms with Crippen LogP contribution in [0, 0.1) is 0 Å². The number of aromatic nitrogens is 2. The summed E-state index contributed by atoms with van der Waals surface area (Å²) in [6.45, 7) is 0.501. The first-order chi connectivity index (χ1) is 16.1. The van der Waals surface area contributed by atoms with Crippen LogP contribution in [0.15, 0.2) is 78.9 Å². The van der Waals surface area contributed by atoms with Crippen molar-refractivity contribution in [2.75, 3.05) is 17.7 Å². The summed E-state index contributed by atoms with van der Waals surface area (Å²) in [6.07, 6.45) is 3.80. The molecule has 0 fully saturated rings. The van der Waals surface area contributed by atoms with E-state index < -0.39 is 0 Å². The molecule has 166 valence electrons. The van der Waals surface area contributed by atoms with E-state index >= 15 is 0 Å². The largest absolute Gasteiger partial charge is 0.504 e. The van der Waals surface area contributed by atoms with Crippen LogP contribution in [0.4, 0.5) is 11.4 Å². The molecule has 0 atom stereocenters. The second kappa shape index (κ2) is 10.2. The van der Waals surface area contributed by atoms with Gasteiger partial charge in [0.15, 0.2) is 11.5 Å². The molecule has 1 amide bonds. The average Bonchev–Trinajstić information content (AvgIpc) is 3.31. The third-order valence-electron chi connectivity index (χ3n) is 4.94. The summed E-state index contributed by atoms with van der Waals surface area (Å²) in [4.78, 5) is 12.5. The van der Waals surface area contributed by atoms with Crippen molar-refractivity contribution in [3.05, 3.63) is 101 Å². The van der Waals surface area contributed by atoms with E-state index in [1.807, 2.05) is 66.7 Å². The number of phenols is 1. The zero-order chi connectivity index (χ0) is 23.0. The van der Waals surface area contributed by atoms with Crippen LogP contribution in [-0.4, -0.2) is 28.3 Å². The molecule has 7 heteroatoms. The Kier molecular flexibility index (Phi) is 6.70. The average molecular weight is 441 g/mol. The summed E-state index contributed by atoms with van der Waals surface area (Å²) in [5.41, 5.74) is 4.71. The summed E-state index contributed by atoms with van der Waals surface area (Å²) in [5.74, 6) is 0.361. The molecule has 0 saturated carbocycles. The van der Waals surface area contributed by atoms with Crippen LogP contribution in [-0.2, 0) is 6.54 Å². The van der Waals surface area contributed by atoms with Crippen molar-refractivity contribution in [2.45, 2.75) is 6.54 Å². The second-order valence-corrected chi connectivity index (χ2v) is 7.33. The van der Waals surface area contributed by atoms with Crippen molar-refractivity contribution in [2.24, 2.45) is 0 Å². The Bertz CT molecular complexity index is 1270. The Morgan fingerprint density at radius 3 is 2.64 bits per heavy atom. The van der Waals surface area contributed by atoms with Gasteiger partial charge in [-0.3, -0.25) is 9.89 Å². The normalized spacial score (nSPS) is 10.8. The maximum absolute atomic E-state index is 12.5. The molecule has 4 rings (SSSR count). The Morgan fingerprint density at radius 2 is 1.82 bits per heavy atom. The molecular formula is C26H24N4O3. The van der Waals surface area contributed by atoms with Crippen LogP contribution >= 0.6 is 0 Å². The lowest BCUT2D eigenvalue weighted by Gasteiger charge is -2.08. The number of anilines is 2. The highest BCUT2D eigenvalue weighted by molar-refractivity contribution is 6.04. The van der Waals surface area contributed by atoms with Crippen molar-refractivity contribution in [3.8, 4) is 11.5 Å². The van der Waals surface area contributed by atoms with Crippen LogP contribution < -0.4 is 15.4 Å². The van der Waals surface area contributed by atoms with Gasteiger partial charge in [0, 0.05) is 16.9 Å². The zero-order valence-corrected chi connectivity index (χ0v) is 18.1. The van der Waals surface area contributed by atoms with Gasteiger partial charge in [-0.2, -0.15) is 5.10 Å². The number of aromatic amines is 1. The van der Waals surface area contributed by atoms with E-state index in [9.17, 15) is 9.90 Å². The lowest BCUT2D eigenvalue weighted by Crippen LogP contribution is -2.12. The van der Waals surface area contributed by atoms with Crippen molar-refractivity contribution < 1.29 is 14.6 Å². The predicted molar refractivity (Wildman–Crippen MR) is 130 cm³/mol.